The Bertz CT molecular complexity index is 792. The van der Waals surface area contributed by atoms with Crippen molar-refractivity contribution in [2.75, 3.05) is 13.2 Å². The third kappa shape index (κ3) is 3.62. The lowest BCUT2D eigenvalue weighted by Gasteiger charge is -2.23. The number of amides is 1. The molecule has 1 aliphatic rings. The largest absolute Gasteiger partial charge is 0.494 e. The predicted octanol–water partition coefficient (Wildman–Crippen LogP) is 2.34. The maximum Gasteiger partial charge on any atom is 0.240 e. The number of rotatable bonds is 6. The summed E-state index contributed by atoms with van der Waals surface area (Å²) >= 11 is 0. The molecule has 2 unspecified atom stereocenters. The maximum absolute atomic E-state index is 12.6. The number of hydrogen-bond acceptors (Lipinski definition) is 4. The van der Waals surface area contributed by atoms with Crippen LogP contribution in [0.4, 0.5) is 0 Å². The van der Waals surface area contributed by atoms with Gasteiger partial charge >= 0.3 is 0 Å². The van der Waals surface area contributed by atoms with Crippen LogP contribution in [0.3, 0.4) is 0 Å². The van der Waals surface area contributed by atoms with Crippen molar-refractivity contribution >= 4 is 16.8 Å². The summed E-state index contributed by atoms with van der Waals surface area (Å²) in [6.07, 6.45) is 4.88. The van der Waals surface area contributed by atoms with E-state index < -0.39 is 6.04 Å². The normalized spacial score (nSPS) is 18.3. The molecule has 2 atom stereocenters. The topological polar surface area (TPSA) is 95.1 Å². The first-order valence-electron chi connectivity index (χ1n) is 8.82. The smallest absolute Gasteiger partial charge is 0.240 e. The molecule has 0 radical (unpaired) electrons. The van der Waals surface area contributed by atoms with Gasteiger partial charge < -0.3 is 20.4 Å². The number of nitrogens with zero attached hydrogens (tertiary/aromatic N) is 2. The highest BCUT2D eigenvalue weighted by Crippen LogP contribution is 2.25. The summed E-state index contributed by atoms with van der Waals surface area (Å²) in [7, 11) is 0. The highest BCUT2D eigenvalue weighted by atomic mass is 16.5. The molecule has 1 amide bonds. The Balaban J connectivity index is 1.75. The molecule has 0 bridgehead atoms. The van der Waals surface area contributed by atoms with Crippen LogP contribution in [0.25, 0.3) is 10.9 Å². The Morgan fingerprint density at radius 3 is 3.16 bits per heavy atom. The Labute approximate surface area is 147 Å². The number of aromatic nitrogens is 1. The van der Waals surface area contributed by atoms with Gasteiger partial charge in [0.25, 0.3) is 0 Å². The van der Waals surface area contributed by atoms with E-state index in [2.05, 4.69) is 18.0 Å². The molecular weight excluding hydrogens is 316 g/mol. The van der Waals surface area contributed by atoms with Crippen molar-refractivity contribution in [1.29, 1.82) is 5.26 Å². The molecule has 2 aromatic rings. The number of ether oxygens (including phenoxy) is 1. The van der Waals surface area contributed by atoms with Gasteiger partial charge in [-0.05, 0) is 49.4 Å². The monoisotopic (exact) mass is 340 g/mol. The van der Waals surface area contributed by atoms with Crippen molar-refractivity contribution in [2.24, 2.45) is 5.73 Å². The second-order valence-corrected chi connectivity index (χ2v) is 6.50. The molecule has 2 heterocycles. The van der Waals surface area contributed by atoms with Crippen LogP contribution in [-0.2, 0) is 11.2 Å². The zero-order valence-electron chi connectivity index (χ0n) is 14.5. The first-order valence-corrected chi connectivity index (χ1v) is 8.82. The van der Waals surface area contributed by atoms with Gasteiger partial charge in [-0.15, -0.1) is 0 Å². The first-order chi connectivity index (χ1) is 12.1. The number of nitriles is 1. The fourth-order valence-electron chi connectivity index (χ4n) is 3.34. The van der Waals surface area contributed by atoms with Crippen LogP contribution in [0.2, 0.25) is 0 Å². The van der Waals surface area contributed by atoms with E-state index in [0.717, 1.165) is 41.5 Å². The second kappa shape index (κ2) is 7.58. The Morgan fingerprint density at radius 1 is 1.56 bits per heavy atom. The van der Waals surface area contributed by atoms with Crippen molar-refractivity contribution in [1.82, 2.24) is 9.88 Å². The summed E-state index contributed by atoms with van der Waals surface area (Å²) in [4.78, 5) is 17.4. The highest BCUT2D eigenvalue weighted by Gasteiger charge is 2.31. The summed E-state index contributed by atoms with van der Waals surface area (Å²) in [6, 6.07) is 7.11. The molecule has 1 saturated heterocycles. The molecule has 6 heteroatoms. The summed E-state index contributed by atoms with van der Waals surface area (Å²) in [5.41, 5.74) is 8.15. The number of H-pyrrole nitrogens is 1. The van der Waals surface area contributed by atoms with Gasteiger partial charge in [0, 0.05) is 23.6 Å². The molecule has 0 saturated carbocycles. The number of carbonyl (C=O) groups excluding carboxylic acids is 1. The molecule has 0 spiro atoms. The van der Waals surface area contributed by atoms with Gasteiger partial charge in [-0.1, -0.05) is 6.92 Å². The molecule has 1 aromatic heterocycles. The average molecular weight is 340 g/mol. The van der Waals surface area contributed by atoms with Crippen molar-refractivity contribution in [3.8, 4) is 11.8 Å². The molecular formula is C19H24N4O2. The molecule has 132 valence electrons. The summed E-state index contributed by atoms with van der Waals surface area (Å²) in [5, 5.41) is 10.2. The Kier molecular flexibility index (Phi) is 5.25. The van der Waals surface area contributed by atoms with Crippen LogP contribution in [0.1, 0.15) is 31.7 Å². The minimum Gasteiger partial charge on any atom is -0.494 e. The number of hydrogen-bond donors (Lipinski definition) is 2. The van der Waals surface area contributed by atoms with E-state index in [1.807, 2.05) is 24.4 Å². The predicted molar refractivity (Wildman–Crippen MR) is 96.1 cm³/mol. The van der Waals surface area contributed by atoms with Crippen molar-refractivity contribution in [3.05, 3.63) is 30.0 Å². The minimum absolute atomic E-state index is 0.142. The highest BCUT2D eigenvalue weighted by molar-refractivity contribution is 5.87. The van der Waals surface area contributed by atoms with E-state index >= 15 is 0 Å². The molecule has 1 fully saturated rings. The van der Waals surface area contributed by atoms with Gasteiger partial charge in [-0.25, -0.2) is 0 Å². The third-order valence-electron chi connectivity index (χ3n) is 4.65. The minimum atomic E-state index is -0.645. The van der Waals surface area contributed by atoms with Gasteiger partial charge in [0.2, 0.25) is 5.91 Å². The van der Waals surface area contributed by atoms with Gasteiger partial charge in [-0.2, -0.15) is 5.26 Å². The van der Waals surface area contributed by atoms with Crippen molar-refractivity contribution < 1.29 is 9.53 Å². The van der Waals surface area contributed by atoms with Crippen molar-refractivity contribution in [3.63, 3.8) is 0 Å². The number of fused-ring (bicyclic) bond motifs is 1. The molecule has 25 heavy (non-hydrogen) atoms. The molecule has 6 nitrogen and oxygen atoms in total. The number of nitrogens with two attached hydrogens (primary N) is 1. The van der Waals surface area contributed by atoms with Crippen LogP contribution in [0, 0.1) is 11.3 Å². The van der Waals surface area contributed by atoms with Gasteiger partial charge in [-0.3, -0.25) is 4.79 Å². The van der Waals surface area contributed by atoms with E-state index in [1.165, 1.54) is 0 Å². The van der Waals surface area contributed by atoms with Crippen LogP contribution in [0.15, 0.2) is 24.4 Å². The Morgan fingerprint density at radius 2 is 2.40 bits per heavy atom. The second-order valence-electron chi connectivity index (χ2n) is 6.50. The SMILES string of the molecule is CCCOc1ccc2[nH]cc(CC(N)C(=O)N3CCCC3C#N)c2c1. The molecule has 0 aliphatic carbocycles. The lowest BCUT2D eigenvalue weighted by molar-refractivity contribution is -0.132. The van der Waals surface area contributed by atoms with E-state index in [0.29, 0.717) is 19.6 Å². The summed E-state index contributed by atoms with van der Waals surface area (Å²) < 4.78 is 5.69. The van der Waals surface area contributed by atoms with Gasteiger partial charge in [0.15, 0.2) is 0 Å². The number of aromatic amines is 1. The standard InChI is InChI=1S/C19H24N4O2/c1-2-8-25-15-5-6-18-16(10-15)13(12-22-18)9-17(21)19(24)23-7-3-4-14(23)11-20/h5-6,10,12,14,17,22H,2-4,7-9,21H2,1H3. The van der Waals surface area contributed by atoms with Crippen molar-refractivity contribution in [2.45, 2.75) is 44.7 Å². The van der Waals surface area contributed by atoms with E-state index in [9.17, 15) is 4.79 Å². The molecule has 3 rings (SSSR count). The van der Waals surface area contributed by atoms with E-state index in [1.54, 1.807) is 4.90 Å². The molecule has 1 aliphatic heterocycles. The fraction of sp³-hybridized carbons (Fsp3) is 0.474. The number of likely N-dealkylation sites (tertiary alicyclic amines) is 1. The van der Waals surface area contributed by atoms with Crippen LogP contribution in [-0.4, -0.2) is 41.0 Å². The fourth-order valence-corrected chi connectivity index (χ4v) is 3.34. The Hall–Kier alpha value is -2.52. The average Bonchev–Trinajstić information content (AvgIpc) is 3.26. The summed E-state index contributed by atoms with van der Waals surface area (Å²) in [6.45, 7) is 3.36. The van der Waals surface area contributed by atoms with E-state index in [-0.39, 0.29) is 11.9 Å². The van der Waals surface area contributed by atoms with Crippen LogP contribution < -0.4 is 10.5 Å². The lowest BCUT2D eigenvalue weighted by atomic mass is 10.0. The zero-order chi connectivity index (χ0) is 17.8. The van der Waals surface area contributed by atoms with E-state index in [4.69, 9.17) is 15.7 Å². The molecule has 1 aromatic carbocycles. The van der Waals surface area contributed by atoms with Crippen LogP contribution in [0.5, 0.6) is 5.75 Å². The number of carbonyl (C=O) groups is 1. The molecule has 3 N–H and O–H groups in total. The first kappa shape index (κ1) is 17.3. The van der Waals surface area contributed by atoms with Gasteiger partial charge in [0.1, 0.15) is 11.8 Å². The third-order valence-corrected chi connectivity index (χ3v) is 4.65. The number of benzene rings is 1. The number of nitrogens with one attached hydrogen (secondary N) is 1. The summed E-state index contributed by atoms with van der Waals surface area (Å²) in [5.74, 6) is 0.677. The maximum atomic E-state index is 12.6. The zero-order valence-corrected chi connectivity index (χ0v) is 14.5. The van der Waals surface area contributed by atoms with Gasteiger partial charge in [0.05, 0.1) is 18.7 Å². The van der Waals surface area contributed by atoms with Crippen LogP contribution >= 0.6 is 0 Å². The quantitative estimate of drug-likeness (QED) is 0.844. The lowest BCUT2D eigenvalue weighted by Crippen LogP contribution is -2.46.